The summed E-state index contributed by atoms with van der Waals surface area (Å²) in [4.78, 5) is 1.89. The predicted molar refractivity (Wildman–Crippen MR) is 75.3 cm³/mol. The van der Waals surface area contributed by atoms with E-state index in [0.29, 0.717) is 12.0 Å². The second-order valence-corrected chi connectivity index (χ2v) is 5.67. The molecule has 21 heavy (non-hydrogen) atoms. The fourth-order valence-electron chi connectivity index (χ4n) is 2.26. The molecule has 0 fully saturated rings. The van der Waals surface area contributed by atoms with Gasteiger partial charge in [-0.25, -0.2) is 4.39 Å². The topological polar surface area (TPSA) is 29.3 Å². The maximum atomic E-state index is 13.5. The number of halogens is 4. The summed E-state index contributed by atoms with van der Waals surface area (Å²) in [5.41, 5.74) is 4.97. The van der Waals surface area contributed by atoms with Gasteiger partial charge in [0.15, 0.2) is 0 Å². The summed E-state index contributed by atoms with van der Waals surface area (Å²) in [6.45, 7) is 6.12. The van der Waals surface area contributed by atoms with Gasteiger partial charge in [0.05, 0.1) is 5.56 Å². The molecule has 0 aliphatic heterocycles. The summed E-state index contributed by atoms with van der Waals surface area (Å²) in [7, 11) is 1.79. The molecule has 0 bridgehead atoms. The van der Waals surface area contributed by atoms with Gasteiger partial charge in [0.25, 0.3) is 0 Å². The van der Waals surface area contributed by atoms with Crippen LogP contribution in [0.2, 0.25) is 0 Å². The molecule has 2 nitrogen and oxygen atoms in total. The van der Waals surface area contributed by atoms with Gasteiger partial charge in [-0.1, -0.05) is 13.8 Å². The quantitative estimate of drug-likeness (QED) is 0.838. The van der Waals surface area contributed by atoms with Crippen LogP contribution in [0.25, 0.3) is 0 Å². The van der Waals surface area contributed by atoms with Crippen LogP contribution in [0.15, 0.2) is 18.2 Å². The second-order valence-electron chi connectivity index (χ2n) is 5.67. The minimum Gasteiger partial charge on any atom is -0.329 e. The number of likely N-dealkylation sites (N-methyl/N-ethyl adjacent to an activating group) is 1. The first kappa shape index (κ1) is 17.9. The van der Waals surface area contributed by atoms with E-state index < -0.39 is 23.6 Å². The van der Waals surface area contributed by atoms with Crippen LogP contribution in [0.5, 0.6) is 0 Å². The zero-order valence-electron chi connectivity index (χ0n) is 12.7. The van der Waals surface area contributed by atoms with Crippen molar-refractivity contribution in [3.05, 3.63) is 35.1 Å². The molecule has 0 aromatic heterocycles. The molecule has 0 saturated heterocycles. The first-order valence-corrected chi connectivity index (χ1v) is 6.87. The zero-order valence-corrected chi connectivity index (χ0v) is 12.7. The molecule has 2 N–H and O–H groups in total. The molecule has 0 aliphatic rings. The number of nitrogens with two attached hydrogens (primary N) is 1. The molecule has 0 radical (unpaired) electrons. The monoisotopic (exact) mass is 306 g/mol. The van der Waals surface area contributed by atoms with Gasteiger partial charge in [-0.05, 0) is 43.7 Å². The van der Waals surface area contributed by atoms with Crippen LogP contribution < -0.4 is 5.73 Å². The first-order chi connectivity index (χ1) is 9.57. The van der Waals surface area contributed by atoms with E-state index in [-0.39, 0.29) is 18.2 Å². The van der Waals surface area contributed by atoms with Gasteiger partial charge in [-0.15, -0.1) is 0 Å². The lowest BCUT2D eigenvalue weighted by Gasteiger charge is -2.35. The Kier molecular flexibility index (Phi) is 5.75. The van der Waals surface area contributed by atoms with Gasteiger partial charge in [-0.3, -0.25) is 4.90 Å². The number of rotatable bonds is 5. The van der Waals surface area contributed by atoms with Crippen molar-refractivity contribution in [2.75, 3.05) is 13.6 Å². The highest BCUT2D eigenvalue weighted by Crippen LogP contribution is 2.33. The Morgan fingerprint density at radius 2 is 1.71 bits per heavy atom. The van der Waals surface area contributed by atoms with E-state index in [0.717, 1.165) is 12.1 Å². The number of benzene rings is 1. The summed E-state index contributed by atoms with van der Waals surface area (Å²) < 4.78 is 51.9. The molecule has 1 aromatic carbocycles. The number of nitrogens with zero attached hydrogens (tertiary/aromatic N) is 1. The Balaban J connectivity index is 3.20. The molecule has 2 atom stereocenters. The molecule has 0 spiro atoms. The van der Waals surface area contributed by atoms with Crippen molar-refractivity contribution in [3.63, 3.8) is 0 Å². The lowest BCUT2D eigenvalue weighted by atomic mass is 9.98. The van der Waals surface area contributed by atoms with E-state index in [1.807, 2.05) is 25.7 Å². The number of hydrogen-bond donors (Lipinski definition) is 1. The Morgan fingerprint density at radius 1 is 1.14 bits per heavy atom. The van der Waals surface area contributed by atoms with Gasteiger partial charge < -0.3 is 5.73 Å². The van der Waals surface area contributed by atoms with Crippen molar-refractivity contribution in [1.82, 2.24) is 4.90 Å². The lowest BCUT2D eigenvalue weighted by molar-refractivity contribution is -0.137. The van der Waals surface area contributed by atoms with E-state index in [4.69, 9.17) is 5.73 Å². The molecule has 2 unspecified atom stereocenters. The van der Waals surface area contributed by atoms with Crippen molar-refractivity contribution in [1.29, 1.82) is 0 Å². The maximum Gasteiger partial charge on any atom is 0.416 e. The molecule has 0 saturated carbocycles. The standard InChI is InChI=1S/C15H22F4N2/c1-9(2)10(3)21(4)14(8-20)11-5-12(15(17,18)19)7-13(16)6-11/h5-7,9-10,14H,8,20H2,1-4H3. The lowest BCUT2D eigenvalue weighted by Crippen LogP contribution is -2.39. The normalized spacial score (nSPS) is 15.6. The number of alkyl halides is 3. The van der Waals surface area contributed by atoms with Crippen LogP contribution in [0.4, 0.5) is 17.6 Å². The summed E-state index contributed by atoms with van der Waals surface area (Å²) in [5.74, 6) is -0.594. The largest absolute Gasteiger partial charge is 0.416 e. The van der Waals surface area contributed by atoms with Crippen LogP contribution in [-0.2, 0) is 6.18 Å². The minimum atomic E-state index is -4.57. The smallest absolute Gasteiger partial charge is 0.329 e. The highest BCUT2D eigenvalue weighted by Gasteiger charge is 2.32. The van der Waals surface area contributed by atoms with Crippen molar-refractivity contribution in [2.24, 2.45) is 11.7 Å². The molecular weight excluding hydrogens is 284 g/mol. The fraction of sp³-hybridized carbons (Fsp3) is 0.600. The van der Waals surface area contributed by atoms with E-state index in [1.165, 1.54) is 0 Å². The molecule has 6 heteroatoms. The minimum absolute atomic E-state index is 0.108. The van der Waals surface area contributed by atoms with Crippen LogP contribution >= 0.6 is 0 Å². The van der Waals surface area contributed by atoms with Crippen molar-refractivity contribution in [2.45, 2.75) is 39.0 Å². The molecule has 0 aliphatic carbocycles. The zero-order chi connectivity index (χ0) is 16.4. The Morgan fingerprint density at radius 3 is 2.14 bits per heavy atom. The highest BCUT2D eigenvalue weighted by atomic mass is 19.4. The molecule has 120 valence electrons. The predicted octanol–water partition coefficient (Wildman–Crippen LogP) is 3.82. The Labute approximate surface area is 122 Å². The van der Waals surface area contributed by atoms with Crippen LogP contribution in [-0.4, -0.2) is 24.5 Å². The van der Waals surface area contributed by atoms with Crippen LogP contribution in [0.3, 0.4) is 0 Å². The second kappa shape index (κ2) is 6.75. The van der Waals surface area contributed by atoms with Gasteiger partial charge in [-0.2, -0.15) is 13.2 Å². The average Bonchev–Trinajstić information content (AvgIpc) is 2.36. The van der Waals surface area contributed by atoms with Crippen LogP contribution in [0.1, 0.15) is 37.9 Å². The van der Waals surface area contributed by atoms with Gasteiger partial charge in [0.1, 0.15) is 5.82 Å². The fourth-order valence-corrected chi connectivity index (χ4v) is 2.26. The van der Waals surface area contributed by atoms with Crippen molar-refractivity contribution in [3.8, 4) is 0 Å². The van der Waals surface area contributed by atoms with Crippen LogP contribution in [0, 0.1) is 11.7 Å². The summed E-state index contributed by atoms with van der Waals surface area (Å²) in [5, 5.41) is 0. The summed E-state index contributed by atoms with van der Waals surface area (Å²) in [6.07, 6.45) is -4.57. The molecule has 0 heterocycles. The number of hydrogen-bond acceptors (Lipinski definition) is 2. The van der Waals surface area contributed by atoms with Crippen molar-refractivity contribution < 1.29 is 17.6 Å². The van der Waals surface area contributed by atoms with Gasteiger partial charge in [0, 0.05) is 18.6 Å². The third-order valence-corrected chi connectivity index (χ3v) is 3.95. The highest BCUT2D eigenvalue weighted by molar-refractivity contribution is 5.29. The molecular formula is C15H22F4N2. The van der Waals surface area contributed by atoms with Crippen molar-refractivity contribution >= 4 is 0 Å². The van der Waals surface area contributed by atoms with Gasteiger partial charge in [0.2, 0.25) is 0 Å². The SMILES string of the molecule is CC(C)C(C)N(C)C(CN)c1cc(F)cc(C(F)(F)F)c1. The maximum absolute atomic E-state index is 13.5. The van der Waals surface area contributed by atoms with Gasteiger partial charge >= 0.3 is 6.18 Å². The van der Waals surface area contributed by atoms with E-state index >= 15 is 0 Å². The van der Waals surface area contributed by atoms with E-state index in [1.54, 1.807) is 7.05 Å². The third kappa shape index (κ3) is 4.41. The van der Waals surface area contributed by atoms with E-state index in [9.17, 15) is 17.6 Å². The molecule has 0 amide bonds. The third-order valence-electron chi connectivity index (χ3n) is 3.95. The molecule has 1 aromatic rings. The summed E-state index contributed by atoms with van der Waals surface area (Å²) >= 11 is 0. The first-order valence-electron chi connectivity index (χ1n) is 6.87. The summed E-state index contributed by atoms with van der Waals surface area (Å²) in [6, 6.07) is 2.25. The average molecular weight is 306 g/mol. The Hall–Kier alpha value is -1.14. The molecule has 1 rings (SSSR count). The van der Waals surface area contributed by atoms with E-state index in [2.05, 4.69) is 0 Å². The Bertz CT molecular complexity index is 471.